The summed E-state index contributed by atoms with van der Waals surface area (Å²) in [6.45, 7) is 2.80. The molecule has 0 spiro atoms. The van der Waals surface area contributed by atoms with Crippen molar-refractivity contribution in [2.75, 3.05) is 13.2 Å². The first kappa shape index (κ1) is 49.9. The Hall–Kier alpha value is -7.94. The van der Waals surface area contributed by atoms with Crippen molar-refractivity contribution in [2.45, 2.75) is 75.3 Å². The predicted molar refractivity (Wildman–Crippen MR) is 285 cm³/mol. The number of fused-ring (bicyclic) bond motifs is 18. The van der Waals surface area contributed by atoms with Crippen LogP contribution in [0.4, 0.5) is 0 Å². The summed E-state index contributed by atoms with van der Waals surface area (Å²) in [5.41, 5.74) is 13.6. The fourth-order valence-electron chi connectivity index (χ4n) is 10.4. The standard InChI is InChI=1S/C60H52N4O13/c1-29-9-13-31(14-10-29)47-37-17-18-38(61-37)48(32-15-11-30(2)12-16-32)40-20-22-42(63-40)50-34-6-4-8-36(26-34)58(72)74-28-46-52(66)54(68)56(70)60(76-46)77-59-55(69)53(67)51(65)45(75-59)27-73-57(71)35-7-3-5-33(25-35)49(41-21-19-39(47)62-41)43-23-24-44(50)64-43/h3-26,45-46,51-56,59-60,62-63,65-70H,27-28H2,1-2H3/t45-,46-,51-,52-,53+,54+,55-,56-,59-,60-/m1/s1. The monoisotopic (exact) mass is 1040 g/mol. The van der Waals surface area contributed by atoms with Crippen LogP contribution in [0.15, 0.2) is 121 Å². The number of aromatic amines is 2. The minimum absolute atomic E-state index is 0.113. The Morgan fingerprint density at radius 3 is 1.10 bits per heavy atom. The first-order chi connectivity index (χ1) is 37.3. The van der Waals surface area contributed by atoms with Gasteiger partial charge in [-0.1, -0.05) is 83.9 Å². The predicted octanol–water partition coefficient (Wildman–Crippen LogP) is 6.90. The summed E-state index contributed by atoms with van der Waals surface area (Å²) in [7, 11) is 0. The lowest BCUT2D eigenvalue weighted by molar-refractivity contribution is -0.376. The number of carbonyl (C=O) groups is 2. The molecule has 77 heavy (non-hydrogen) atoms. The zero-order valence-corrected chi connectivity index (χ0v) is 41.5. The van der Waals surface area contributed by atoms with E-state index in [-0.39, 0.29) is 11.1 Å². The van der Waals surface area contributed by atoms with E-state index in [0.717, 1.165) is 44.4 Å². The lowest BCUT2D eigenvalue weighted by Gasteiger charge is -2.44. The lowest BCUT2D eigenvalue weighted by Crippen LogP contribution is -2.64. The average molecular weight is 1040 g/mol. The molecule has 5 aliphatic rings. The molecule has 12 rings (SSSR count). The van der Waals surface area contributed by atoms with Crippen molar-refractivity contribution in [3.63, 3.8) is 0 Å². The van der Waals surface area contributed by atoms with Gasteiger partial charge in [0.2, 0.25) is 0 Å². The molecular weight excluding hydrogens is 985 g/mol. The molecule has 0 radical (unpaired) electrons. The van der Waals surface area contributed by atoms with Crippen LogP contribution in [0.5, 0.6) is 0 Å². The van der Waals surface area contributed by atoms with E-state index < -0.39 is 86.6 Å². The van der Waals surface area contributed by atoms with Gasteiger partial charge in [-0.3, -0.25) is 0 Å². The zero-order chi connectivity index (χ0) is 53.2. The largest absolute Gasteiger partial charge is 0.459 e. The number of rotatable bonds is 2. The molecule has 7 aromatic rings. The van der Waals surface area contributed by atoms with Crippen molar-refractivity contribution in [3.8, 4) is 44.5 Å². The SMILES string of the molecule is Cc1ccc(-c2c3nc(c(-c4ccc(C)cc4)c4ccc([nH]4)c4c5nc(c(c6ccc2[nH]6)-c2cccc(c2)C(=O)OC[C@H]2O[C@H](O[C@H]6O[C@H](COC(=O)c7cccc-4c7)[C@@H](O)[C@H](O)[C@H]6O)[C@H](O)[C@@H](O)[C@@H]2O)C=C5)C=C3)cc1. The molecule has 17 heteroatoms. The molecule has 390 valence electrons. The second-order valence-electron chi connectivity index (χ2n) is 19.8. The van der Waals surface area contributed by atoms with E-state index in [2.05, 4.69) is 58.5 Å². The quantitative estimate of drug-likeness (QED) is 0.0820. The Balaban J connectivity index is 1.10. The molecular formula is C60H52N4O13. The number of cyclic esters (lactones) is 2. The van der Waals surface area contributed by atoms with Crippen LogP contribution in [0.3, 0.4) is 0 Å². The average Bonchev–Trinajstić information content (AvgIpc) is 4.34. The molecule has 17 nitrogen and oxygen atoms in total. The molecule has 8 N–H and O–H groups in total. The summed E-state index contributed by atoms with van der Waals surface area (Å²) in [5, 5.41) is 65.8. The third-order valence-electron chi connectivity index (χ3n) is 14.6. The normalized spacial score (nSPS) is 25.3. The second-order valence-corrected chi connectivity index (χ2v) is 19.8. The zero-order valence-electron chi connectivity index (χ0n) is 41.5. The van der Waals surface area contributed by atoms with E-state index in [1.165, 1.54) is 0 Å². The highest BCUT2D eigenvalue weighted by Crippen LogP contribution is 2.40. The molecule has 0 amide bonds. The highest BCUT2D eigenvalue weighted by molar-refractivity contribution is 6.01. The molecule has 18 bridgehead atoms. The van der Waals surface area contributed by atoms with Crippen LogP contribution in [0, 0.1) is 13.8 Å². The molecule has 4 aromatic carbocycles. The number of nitrogens with one attached hydrogen (secondary N) is 2. The van der Waals surface area contributed by atoms with Gasteiger partial charge >= 0.3 is 11.9 Å². The number of benzene rings is 4. The summed E-state index contributed by atoms with van der Waals surface area (Å²) >= 11 is 0. The van der Waals surface area contributed by atoms with Gasteiger partial charge in [0.1, 0.15) is 62.0 Å². The number of ether oxygens (including phenoxy) is 5. The van der Waals surface area contributed by atoms with Crippen LogP contribution in [0.2, 0.25) is 0 Å². The van der Waals surface area contributed by atoms with Crippen molar-refractivity contribution in [1.82, 2.24) is 19.9 Å². The topological polar surface area (TPSA) is 259 Å². The van der Waals surface area contributed by atoms with Crippen LogP contribution in [-0.4, -0.2) is 137 Å². The maximum absolute atomic E-state index is 14.1. The van der Waals surface area contributed by atoms with Gasteiger partial charge < -0.3 is 64.3 Å². The number of nitrogens with zero attached hydrogens (tertiary/aromatic N) is 2. The number of aromatic nitrogens is 4. The van der Waals surface area contributed by atoms with Crippen molar-refractivity contribution in [3.05, 3.63) is 166 Å². The Bertz CT molecular complexity index is 3470. The maximum Gasteiger partial charge on any atom is 0.338 e. The molecule has 8 heterocycles. The maximum atomic E-state index is 14.1. The number of aryl methyl sites for hydroxylation is 2. The number of hydrogen-bond acceptors (Lipinski definition) is 15. The molecule has 0 unspecified atom stereocenters. The Morgan fingerprint density at radius 2 is 0.740 bits per heavy atom. The number of aliphatic hydroxyl groups excluding tert-OH is 6. The first-order valence-electron chi connectivity index (χ1n) is 25.2. The molecule has 0 saturated carbocycles. The smallest absolute Gasteiger partial charge is 0.338 e. The van der Waals surface area contributed by atoms with Gasteiger partial charge in [0, 0.05) is 44.3 Å². The fourth-order valence-corrected chi connectivity index (χ4v) is 10.4. The van der Waals surface area contributed by atoms with E-state index in [9.17, 15) is 40.2 Å². The van der Waals surface area contributed by atoms with Crippen LogP contribution >= 0.6 is 0 Å². The van der Waals surface area contributed by atoms with Crippen molar-refractivity contribution in [1.29, 1.82) is 0 Å². The van der Waals surface area contributed by atoms with Crippen molar-refractivity contribution < 1.29 is 63.9 Å². The number of H-pyrrole nitrogens is 2. The van der Waals surface area contributed by atoms with Crippen LogP contribution in [0.25, 0.3) is 90.9 Å². The van der Waals surface area contributed by atoms with Crippen LogP contribution in [0.1, 0.15) is 54.6 Å². The van der Waals surface area contributed by atoms with E-state index >= 15 is 0 Å². The van der Waals surface area contributed by atoms with Crippen molar-refractivity contribution in [2.24, 2.45) is 0 Å². The Kier molecular flexibility index (Phi) is 13.1. The second kappa shape index (κ2) is 20.2. The van der Waals surface area contributed by atoms with E-state index in [0.29, 0.717) is 56.1 Å². The minimum atomic E-state index is -1.93. The summed E-state index contributed by atoms with van der Waals surface area (Å²) in [4.78, 5) is 46.3. The minimum Gasteiger partial charge on any atom is -0.459 e. The molecule has 5 aliphatic heterocycles. The highest BCUT2D eigenvalue weighted by Gasteiger charge is 2.50. The first-order valence-corrected chi connectivity index (χ1v) is 25.2. The Morgan fingerprint density at radius 1 is 0.403 bits per heavy atom. The van der Waals surface area contributed by atoms with Crippen LogP contribution in [-0.2, 0) is 23.7 Å². The van der Waals surface area contributed by atoms with Gasteiger partial charge in [-0.2, -0.15) is 0 Å². The number of aliphatic hydroxyl groups is 6. The molecule has 10 atom stereocenters. The summed E-state index contributed by atoms with van der Waals surface area (Å²) < 4.78 is 28.8. The van der Waals surface area contributed by atoms with Gasteiger partial charge in [-0.15, -0.1) is 0 Å². The summed E-state index contributed by atoms with van der Waals surface area (Å²) in [6.07, 6.45) is -10.1. The van der Waals surface area contributed by atoms with Gasteiger partial charge in [0.25, 0.3) is 0 Å². The van der Waals surface area contributed by atoms with Gasteiger partial charge in [0.15, 0.2) is 12.6 Å². The molecule has 0 aliphatic carbocycles. The van der Waals surface area contributed by atoms with Gasteiger partial charge in [-0.05, 0) is 109 Å². The lowest BCUT2D eigenvalue weighted by atomic mass is 9.98. The summed E-state index contributed by atoms with van der Waals surface area (Å²) in [5.74, 6) is -1.64. The van der Waals surface area contributed by atoms with Crippen molar-refractivity contribution >= 4 is 58.3 Å². The number of esters is 2. The molecule has 2 saturated heterocycles. The van der Waals surface area contributed by atoms with E-state index in [4.69, 9.17) is 33.7 Å². The number of carbonyl (C=O) groups excluding carboxylic acids is 2. The highest BCUT2D eigenvalue weighted by atomic mass is 16.8. The molecule has 2 fully saturated rings. The summed E-state index contributed by atoms with van der Waals surface area (Å²) in [6, 6.07) is 37.9. The fraction of sp³-hybridized carbons (Fsp3) is 0.233. The third kappa shape index (κ3) is 9.37. The van der Waals surface area contributed by atoms with E-state index in [1.54, 1.807) is 36.4 Å². The molecule has 3 aromatic heterocycles. The number of hydrogen-bond donors (Lipinski definition) is 8. The van der Waals surface area contributed by atoms with Gasteiger partial charge in [0.05, 0.1) is 33.9 Å². The van der Waals surface area contributed by atoms with E-state index in [1.807, 2.05) is 74.5 Å². The third-order valence-corrected chi connectivity index (χ3v) is 14.6. The van der Waals surface area contributed by atoms with Crippen LogP contribution < -0.4 is 0 Å². The Labute approximate surface area is 440 Å². The van der Waals surface area contributed by atoms with Gasteiger partial charge in [-0.25, -0.2) is 19.6 Å².